The molecule has 1 amide bonds. The lowest BCUT2D eigenvalue weighted by Gasteiger charge is -2.55. The van der Waals surface area contributed by atoms with Crippen LogP contribution in [0, 0.1) is 23.2 Å². The first-order chi connectivity index (χ1) is 9.11. The van der Waals surface area contributed by atoms with Crippen LogP contribution in [0.2, 0.25) is 0 Å². The zero-order valence-electron chi connectivity index (χ0n) is 12.0. The van der Waals surface area contributed by atoms with Gasteiger partial charge >= 0.3 is 0 Å². The van der Waals surface area contributed by atoms with E-state index in [-0.39, 0.29) is 11.5 Å². The largest absolute Gasteiger partial charge is 0.353 e. The molecule has 1 atom stereocenters. The molecular weight excluding hydrogens is 258 g/mol. The molecule has 0 aromatic heterocycles. The van der Waals surface area contributed by atoms with Gasteiger partial charge in [0, 0.05) is 17.3 Å². The van der Waals surface area contributed by atoms with E-state index in [1.54, 1.807) is 0 Å². The van der Waals surface area contributed by atoms with Crippen molar-refractivity contribution in [3.05, 3.63) is 0 Å². The van der Waals surface area contributed by atoms with Gasteiger partial charge in [0.15, 0.2) is 0 Å². The van der Waals surface area contributed by atoms with Crippen LogP contribution >= 0.6 is 11.6 Å². The van der Waals surface area contributed by atoms with Crippen molar-refractivity contribution in [3.8, 4) is 0 Å². The molecule has 1 unspecified atom stereocenters. The Hall–Kier alpha value is -0.240. The summed E-state index contributed by atoms with van der Waals surface area (Å²) in [6, 6.07) is 0.277. The van der Waals surface area contributed by atoms with Crippen LogP contribution in [0.3, 0.4) is 0 Å². The summed E-state index contributed by atoms with van der Waals surface area (Å²) in [5, 5.41) is 3.27. The maximum atomic E-state index is 12.7. The van der Waals surface area contributed by atoms with Crippen LogP contribution in [0.4, 0.5) is 0 Å². The Morgan fingerprint density at radius 1 is 1.21 bits per heavy atom. The highest BCUT2D eigenvalue weighted by Gasteiger charge is 2.54. The molecule has 0 spiro atoms. The normalized spacial score (nSPS) is 41.3. The van der Waals surface area contributed by atoms with Crippen LogP contribution in [-0.4, -0.2) is 17.8 Å². The molecule has 4 bridgehead atoms. The Balaban J connectivity index is 1.63. The molecule has 0 aromatic carbocycles. The smallest absolute Gasteiger partial charge is 0.226 e. The van der Waals surface area contributed by atoms with E-state index in [2.05, 4.69) is 12.2 Å². The first kappa shape index (κ1) is 13.7. The highest BCUT2D eigenvalue weighted by Crippen LogP contribution is 2.60. The van der Waals surface area contributed by atoms with Gasteiger partial charge in [-0.25, -0.2) is 0 Å². The molecule has 0 saturated heterocycles. The topological polar surface area (TPSA) is 29.1 Å². The lowest BCUT2D eigenvalue weighted by atomic mass is 9.49. The zero-order chi connectivity index (χ0) is 13.5. The summed E-state index contributed by atoms with van der Waals surface area (Å²) < 4.78 is 0. The second kappa shape index (κ2) is 5.27. The van der Waals surface area contributed by atoms with Crippen LogP contribution in [0.5, 0.6) is 0 Å². The summed E-state index contributed by atoms with van der Waals surface area (Å²) in [7, 11) is 0. The number of carbonyl (C=O) groups is 1. The van der Waals surface area contributed by atoms with E-state index in [4.69, 9.17) is 11.6 Å². The van der Waals surface area contributed by atoms with Gasteiger partial charge in [-0.15, -0.1) is 11.6 Å². The van der Waals surface area contributed by atoms with Gasteiger partial charge in [-0.2, -0.15) is 0 Å². The van der Waals surface area contributed by atoms with Crippen LogP contribution in [0.25, 0.3) is 0 Å². The number of halogens is 1. The minimum atomic E-state index is 0.00394. The summed E-state index contributed by atoms with van der Waals surface area (Å²) in [5.74, 6) is 3.58. The Kier molecular flexibility index (Phi) is 3.81. The highest BCUT2D eigenvalue weighted by molar-refractivity contribution is 6.17. The number of carbonyl (C=O) groups excluding carboxylic acids is 1. The van der Waals surface area contributed by atoms with Crippen molar-refractivity contribution in [1.29, 1.82) is 0 Å². The molecule has 0 aliphatic heterocycles. The molecule has 4 rings (SSSR count). The minimum absolute atomic E-state index is 0.00394. The Bertz CT molecular complexity index is 319. The lowest BCUT2D eigenvalue weighted by molar-refractivity contribution is -0.146. The predicted molar refractivity (Wildman–Crippen MR) is 78.2 cm³/mol. The van der Waals surface area contributed by atoms with Crippen LogP contribution < -0.4 is 5.32 Å². The number of hydrogen-bond acceptors (Lipinski definition) is 1. The molecular formula is C16H26ClNO. The molecule has 108 valence electrons. The molecule has 4 aliphatic rings. The number of rotatable bonds is 5. The average molecular weight is 284 g/mol. The van der Waals surface area contributed by atoms with E-state index in [9.17, 15) is 4.79 Å². The molecule has 4 fully saturated rings. The van der Waals surface area contributed by atoms with E-state index < -0.39 is 0 Å². The van der Waals surface area contributed by atoms with Crippen molar-refractivity contribution in [2.24, 2.45) is 23.2 Å². The highest BCUT2D eigenvalue weighted by atomic mass is 35.5. The number of nitrogens with one attached hydrogen (secondary N) is 1. The predicted octanol–water partition coefficient (Wildman–Crippen LogP) is 3.73. The Labute approximate surface area is 121 Å². The third-order valence-electron chi connectivity index (χ3n) is 5.67. The average Bonchev–Trinajstić information content (AvgIpc) is 2.34. The number of hydrogen-bond donors (Lipinski definition) is 1. The second-order valence-electron chi connectivity index (χ2n) is 7.40. The maximum absolute atomic E-state index is 12.7. The van der Waals surface area contributed by atoms with Crippen LogP contribution in [-0.2, 0) is 4.79 Å². The SMILES string of the molecule is CC(CCCCl)NC(=O)C12CC3CC(CC(C3)C1)C2. The van der Waals surface area contributed by atoms with Gasteiger partial charge in [0.05, 0.1) is 0 Å². The fourth-order valence-corrected chi connectivity index (χ4v) is 5.38. The summed E-state index contributed by atoms with van der Waals surface area (Å²) in [5.41, 5.74) is 0.00394. The lowest BCUT2D eigenvalue weighted by Crippen LogP contribution is -2.54. The fourth-order valence-electron chi connectivity index (χ4n) is 5.22. The molecule has 2 nitrogen and oxygen atoms in total. The molecule has 3 heteroatoms. The number of amides is 1. The van der Waals surface area contributed by atoms with Gasteiger partial charge in [0.25, 0.3) is 0 Å². The first-order valence-electron chi connectivity index (χ1n) is 7.98. The Morgan fingerprint density at radius 3 is 2.21 bits per heavy atom. The second-order valence-corrected chi connectivity index (χ2v) is 7.78. The van der Waals surface area contributed by atoms with Gasteiger partial charge in [0.2, 0.25) is 5.91 Å². The van der Waals surface area contributed by atoms with Crippen molar-refractivity contribution in [3.63, 3.8) is 0 Å². The maximum Gasteiger partial charge on any atom is 0.226 e. The van der Waals surface area contributed by atoms with Crippen molar-refractivity contribution < 1.29 is 4.79 Å². The zero-order valence-corrected chi connectivity index (χ0v) is 12.7. The summed E-state index contributed by atoms with van der Waals surface area (Å²) in [6.45, 7) is 2.12. The van der Waals surface area contributed by atoms with Gasteiger partial charge in [0.1, 0.15) is 0 Å². The third kappa shape index (κ3) is 2.66. The van der Waals surface area contributed by atoms with E-state index >= 15 is 0 Å². The molecule has 0 heterocycles. The summed E-state index contributed by atoms with van der Waals surface area (Å²) in [6.07, 6.45) is 9.66. The molecule has 19 heavy (non-hydrogen) atoms. The van der Waals surface area contributed by atoms with Gasteiger partial charge in [-0.1, -0.05) is 0 Å². The molecule has 0 radical (unpaired) electrons. The summed E-state index contributed by atoms with van der Waals surface area (Å²) in [4.78, 5) is 12.7. The van der Waals surface area contributed by atoms with E-state index in [1.165, 1.54) is 19.3 Å². The van der Waals surface area contributed by atoms with Gasteiger partial charge in [-0.05, 0) is 76.0 Å². The minimum Gasteiger partial charge on any atom is -0.353 e. The van der Waals surface area contributed by atoms with Gasteiger partial charge < -0.3 is 5.32 Å². The Morgan fingerprint density at radius 2 is 1.74 bits per heavy atom. The summed E-state index contributed by atoms with van der Waals surface area (Å²) >= 11 is 5.73. The molecule has 4 aliphatic carbocycles. The standard InChI is InChI=1S/C16H26ClNO/c1-11(3-2-4-17)18-15(19)16-8-12-5-13(9-16)7-14(6-12)10-16/h11-14H,2-10H2,1H3,(H,18,19). The quantitative estimate of drug-likeness (QED) is 0.766. The van der Waals surface area contributed by atoms with Crippen LogP contribution in [0.1, 0.15) is 58.3 Å². The molecule has 1 N–H and O–H groups in total. The van der Waals surface area contributed by atoms with Crippen molar-refractivity contribution >= 4 is 17.5 Å². The van der Waals surface area contributed by atoms with Crippen molar-refractivity contribution in [1.82, 2.24) is 5.32 Å². The van der Waals surface area contributed by atoms with E-state index in [0.717, 1.165) is 49.9 Å². The first-order valence-corrected chi connectivity index (χ1v) is 8.52. The van der Waals surface area contributed by atoms with Crippen molar-refractivity contribution in [2.75, 3.05) is 5.88 Å². The molecule has 4 saturated carbocycles. The number of alkyl halides is 1. The van der Waals surface area contributed by atoms with Crippen molar-refractivity contribution in [2.45, 2.75) is 64.3 Å². The molecule has 0 aromatic rings. The van der Waals surface area contributed by atoms with Gasteiger partial charge in [-0.3, -0.25) is 4.79 Å². The van der Waals surface area contributed by atoms with E-state index in [0.29, 0.717) is 11.8 Å². The van der Waals surface area contributed by atoms with E-state index in [1.807, 2.05) is 0 Å². The monoisotopic (exact) mass is 283 g/mol. The van der Waals surface area contributed by atoms with Crippen LogP contribution in [0.15, 0.2) is 0 Å². The third-order valence-corrected chi connectivity index (χ3v) is 5.94. The fraction of sp³-hybridized carbons (Fsp3) is 0.938.